The minimum atomic E-state index is -4.72. The predicted molar refractivity (Wildman–Crippen MR) is 58.2 cm³/mol. The molecule has 0 saturated carbocycles. The van der Waals surface area contributed by atoms with Crippen molar-refractivity contribution in [1.29, 1.82) is 0 Å². The lowest BCUT2D eigenvalue weighted by Gasteiger charge is -2.41. The van der Waals surface area contributed by atoms with Crippen LogP contribution < -0.4 is 5.73 Å². The average molecular weight is 252 g/mol. The molecular weight excluding hydrogens is 233 g/mol. The summed E-state index contributed by atoms with van der Waals surface area (Å²) in [5, 5.41) is 0. The molecule has 0 bridgehead atoms. The first-order valence-electron chi connectivity index (χ1n) is 5.62. The summed E-state index contributed by atoms with van der Waals surface area (Å²) >= 11 is 0. The average Bonchev–Trinajstić information content (AvgIpc) is 2.13. The second-order valence-electron chi connectivity index (χ2n) is 5.69. The fourth-order valence-corrected chi connectivity index (χ4v) is 2.05. The van der Waals surface area contributed by atoms with Crippen molar-refractivity contribution in [2.45, 2.75) is 45.3 Å². The van der Waals surface area contributed by atoms with Crippen LogP contribution in [-0.2, 0) is 4.79 Å². The predicted octanol–water partition coefficient (Wildman–Crippen LogP) is 1.91. The van der Waals surface area contributed by atoms with Crippen LogP contribution in [0.2, 0.25) is 0 Å². The minimum absolute atomic E-state index is 0.143. The number of carbonyl (C=O) groups excluding carboxylic acids is 1. The summed E-state index contributed by atoms with van der Waals surface area (Å²) < 4.78 is 38.0. The van der Waals surface area contributed by atoms with E-state index in [1.165, 1.54) is 4.90 Å². The number of nitrogens with zero attached hydrogens (tertiary/aromatic N) is 1. The Morgan fingerprint density at radius 2 is 1.88 bits per heavy atom. The third kappa shape index (κ3) is 2.91. The van der Waals surface area contributed by atoms with Crippen LogP contribution in [0.4, 0.5) is 13.2 Å². The van der Waals surface area contributed by atoms with Crippen LogP contribution in [0.3, 0.4) is 0 Å². The highest BCUT2D eigenvalue weighted by Gasteiger charge is 2.55. The van der Waals surface area contributed by atoms with Gasteiger partial charge < -0.3 is 10.6 Å². The van der Waals surface area contributed by atoms with Crippen LogP contribution in [0, 0.1) is 5.41 Å². The monoisotopic (exact) mass is 252 g/mol. The zero-order chi connectivity index (χ0) is 13.5. The number of amides is 1. The Morgan fingerprint density at radius 1 is 1.35 bits per heavy atom. The molecule has 0 radical (unpaired) electrons. The molecular formula is C11H19F3N2O. The van der Waals surface area contributed by atoms with Gasteiger partial charge in [0.25, 0.3) is 5.91 Å². The summed E-state index contributed by atoms with van der Waals surface area (Å²) in [5.41, 5.74) is 2.21. The summed E-state index contributed by atoms with van der Waals surface area (Å²) in [7, 11) is 0. The van der Waals surface area contributed by atoms with E-state index in [-0.39, 0.29) is 5.41 Å². The second kappa shape index (κ2) is 4.15. The molecule has 1 saturated heterocycles. The molecule has 1 atom stereocenters. The van der Waals surface area contributed by atoms with Gasteiger partial charge in [0.1, 0.15) is 0 Å². The first kappa shape index (κ1) is 14.3. The van der Waals surface area contributed by atoms with E-state index in [9.17, 15) is 18.0 Å². The Morgan fingerprint density at radius 3 is 2.29 bits per heavy atom. The largest absolute Gasteiger partial charge is 0.415 e. The van der Waals surface area contributed by atoms with Gasteiger partial charge in [-0.1, -0.05) is 13.8 Å². The van der Waals surface area contributed by atoms with E-state index in [4.69, 9.17) is 5.73 Å². The fraction of sp³-hybridized carbons (Fsp3) is 0.909. The lowest BCUT2D eigenvalue weighted by atomic mass is 9.83. The lowest BCUT2D eigenvalue weighted by Crippen LogP contribution is -2.63. The van der Waals surface area contributed by atoms with Gasteiger partial charge in [-0.15, -0.1) is 0 Å². The zero-order valence-corrected chi connectivity index (χ0v) is 10.4. The van der Waals surface area contributed by atoms with Crippen molar-refractivity contribution in [1.82, 2.24) is 4.90 Å². The third-order valence-corrected chi connectivity index (χ3v) is 3.22. The molecule has 0 aromatic rings. The van der Waals surface area contributed by atoms with Crippen molar-refractivity contribution >= 4 is 5.91 Å². The van der Waals surface area contributed by atoms with Gasteiger partial charge >= 0.3 is 6.18 Å². The number of likely N-dealkylation sites (tertiary alicyclic amines) is 1. The van der Waals surface area contributed by atoms with Crippen LogP contribution in [0.1, 0.15) is 33.6 Å². The summed E-state index contributed by atoms with van der Waals surface area (Å²) in [4.78, 5) is 13.1. The number of hydrogen-bond acceptors (Lipinski definition) is 2. The Labute approximate surface area is 99.1 Å². The molecule has 1 amide bonds. The summed E-state index contributed by atoms with van der Waals surface area (Å²) in [6, 6.07) is 0. The highest BCUT2D eigenvalue weighted by atomic mass is 19.4. The molecule has 100 valence electrons. The van der Waals surface area contributed by atoms with Gasteiger partial charge in [-0.25, -0.2) is 0 Å². The number of piperidine rings is 1. The molecule has 0 aromatic heterocycles. The van der Waals surface area contributed by atoms with Crippen molar-refractivity contribution in [2.24, 2.45) is 11.1 Å². The Hall–Kier alpha value is -0.780. The number of rotatable bonds is 1. The molecule has 1 heterocycles. The quantitative estimate of drug-likeness (QED) is 0.775. The standard InChI is InChI=1S/C11H19F3N2O/c1-9(2)5-4-6-16(7-9)8(17)10(3,15)11(12,13)14/h4-7,15H2,1-3H3. The van der Waals surface area contributed by atoms with Gasteiger partial charge in [0.15, 0.2) is 5.54 Å². The molecule has 1 unspecified atom stereocenters. The molecule has 2 N–H and O–H groups in total. The number of carbonyl (C=O) groups is 1. The SMILES string of the molecule is CC1(C)CCCN(C(=O)C(C)(N)C(F)(F)F)C1. The van der Waals surface area contributed by atoms with Crippen LogP contribution in [0.5, 0.6) is 0 Å². The van der Waals surface area contributed by atoms with Crippen LogP contribution in [0.15, 0.2) is 0 Å². The van der Waals surface area contributed by atoms with E-state index < -0.39 is 17.6 Å². The van der Waals surface area contributed by atoms with Crippen molar-refractivity contribution in [3.63, 3.8) is 0 Å². The molecule has 0 aromatic carbocycles. The van der Waals surface area contributed by atoms with Gasteiger partial charge in [0.2, 0.25) is 0 Å². The summed E-state index contributed by atoms with van der Waals surface area (Å²) in [6.45, 7) is 5.29. The maximum Gasteiger partial charge on any atom is 0.415 e. The van der Waals surface area contributed by atoms with E-state index in [1.54, 1.807) is 0 Å². The second-order valence-corrected chi connectivity index (χ2v) is 5.69. The molecule has 1 fully saturated rings. The van der Waals surface area contributed by atoms with E-state index in [0.29, 0.717) is 19.5 Å². The van der Waals surface area contributed by atoms with Gasteiger partial charge in [-0.05, 0) is 25.2 Å². The molecule has 1 rings (SSSR count). The topological polar surface area (TPSA) is 46.3 Å². The minimum Gasteiger partial charge on any atom is -0.340 e. The molecule has 1 aliphatic heterocycles. The molecule has 1 aliphatic rings. The molecule has 0 aliphatic carbocycles. The molecule has 3 nitrogen and oxygen atoms in total. The summed E-state index contributed by atoms with van der Waals surface area (Å²) in [5.74, 6) is -1.03. The van der Waals surface area contributed by atoms with E-state index in [1.807, 2.05) is 13.8 Å². The highest BCUT2D eigenvalue weighted by Crippen LogP contribution is 2.33. The van der Waals surface area contributed by atoms with Crippen molar-refractivity contribution in [2.75, 3.05) is 13.1 Å². The zero-order valence-electron chi connectivity index (χ0n) is 10.4. The van der Waals surface area contributed by atoms with E-state index >= 15 is 0 Å². The first-order valence-corrected chi connectivity index (χ1v) is 5.62. The molecule has 6 heteroatoms. The molecule has 0 spiro atoms. The Kier molecular flexibility index (Phi) is 3.49. The number of hydrogen-bond donors (Lipinski definition) is 1. The smallest absolute Gasteiger partial charge is 0.340 e. The Balaban J connectivity index is 2.84. The van der Waals surface area contributed by atoms with E-state index in [0.717, 1.165) is 13.3 Å². The third-order valence-electron chi connectivity index (χ3n) is 3.22. The Bertz CT molecular complexity index is 310. The van der Waals surface area contributed by atoms with Gasteiger partial charge in [-0.3, -0.25) is 4.79 Å². The van der Waals surface area contributed by atoms with Crippen LogP contribution in [0.25, 0.3) is 0 Å². The highest BCUT2D eigenvalue weighted by molar-refractivity contribution is 5.86. The number of halogens is 3. The maximum atomic E-state index is 12.7. The van der Waals surface area contributed by atoms with Gasteiger partial charge in [-0.2, -0.15) is 13.2 Å². The van der Waals surface area contributed by atoms with Crippen LogP contribution >= 0.6 is 0 Å². The number of alkyl halides is 3. The maximum absolute atomic E-state index is 12.7. The van der Waals surface area contributed by atoms with E-state index in [2.05, 4.69) is 0 Å². The first-order chi connectivity index (χ1) is 7.47. The van der Waals surface area contributed by atoms with Crippen molar-refractivity contribution < 1.29 is 18.0 Å². The van der Waals surface area contributed by atoms with Crippen LogP contribution in [-0.4, -0.2) is 35.6 Å². The summed E-state index contributed by atoms with van der Waals surface area (Å²) in [6.07, 6.45) is -3.09. The molecule has 17 heavy (non-hydrogen) atoms. The van der Waals surface area contributed by atoms with Gasteiger partial charge in [0, 0.05) is 13.1 Å². The fourth-order valence-electron chi connectivity index (χ4n) is 2.05. The van der Waals surface area contributed by atoms with Crippen molar-refractivity contribution in [3.8, 4) is 0 Å². The normalized spacial score (nSPS) is 24.3. The number of nitrogens with two attached hydrogens (primary N) is 1. The van der Waals surface area contributed by atoms with Gasteiger partial charge in [0.05, 0.1) is 0 Å². The van der Waals surface area contributed by atoms with Crippen molar-refractivity contribution in [3.05, 3.63) is 0 Å². The lowest BCUT2D eigenvalue weighted by molar-refractivity contribution is -0.195.